The fraction of sp³-hybridized carbons (Fsp3) is 0.579. The Labute approximate surface area is 154 Å². The Morgan fingerprint density at radius 2 is 1.77 bits per heavy atom. The van der Waals surface area contributed by atoms with E-state index in [0.29, 0.717) is 19.6 Å². The van der Waals surface area contributed by atoms with E-state index in [2.05, 4.69) is 10.6 Å². The van der Waals surface area contributed by atoms with E-state index in [1.165, 1.54) is 0 Å². The number of benzene rings is 1. The van der Waals surface area contributed by atoms with Crippen molar-refractivity contribution >= 4 is 17.7 Å². The third-order valence-electron chi connectivity index (χ3n) is 5.22. The van der Waals surface area contributed by atoms with Gasteiger partial charge in [0.2, 0.25) is 0 Å². The molecule has 3 rings (SSSR count). The second-order valence-corrected chi connectivity index (χ2v) is 6.88. The summed E-state index contributed by atoms with van der Waals surface area (Å²) in [4.78, 5) is 28.6. The van der Waals surface area contributed by atoms with E-state index < -0.39 is 0 Å². The van der Waals surface area contributed by atoms with E-state index in [9.17, 15) is 14.7 Å². The summed E-state index contributed by atoms with van der Waals surface area (Å²) in [5.74, 6) is 0.0544. The zero-order valence-corrected chi connectivity index (χ0v) is 15.4. The van der Waals surface area contributed by atoms with Crippen LogP contribution in [0.25, 0.3) is 0 Å². The van der Waals surface area contributed by atoms with Gasteiger partial charge in [0.15, 0.2) is 0 Å². The van der Waals surface area contributed by atoms with Gasteiger partial charge >= 0.3 is 12.1 Å². The Bertz CT molecular complexity index is 666. The van der Waals surface area contributed by atoms with Crippen molar-refractivity contribution in [2.75, 3.05) is 31.1 Å². The first kappa shape index (κ1) is 18.5. The maximum Gasteiger partial charge on any atom is 0.321 e. The highest BCUT2D eigenvalue weighted by atomic mass is 16.3. The molecule has 1 aromatic rings. The van der Waals surface area contributed by atoms with Crippen molar-refractivity contribution in [3.8, 4) is 0 Å². The van der Waals surface area contributed by atoms with Gasteiger partial charge in [-0.25, -0.2) is 9.59 Å². The molecule has 1 aromatic carbocycles. The molecule has 3 N–H and O–H groups in total. The first-order chi connectivity index (χ1) is 12.6. The lowest BCUT2D eigenvalue weighted by atomic mass is 9.72. The summed E-state index contributed by atoms with van der Waals surface area (Å²) in [6.07, 6.45) is 1.72. The molecule has 2 aliphatic heterocycles. The predicted octanol–water partition coefficient (Wildman–Crippen LogP) is 1.87. The van der Waals surface area contributed by atoms with Crippen LogP contribution in [0.4, 0.5) is 15.3 Å². The Hall–Kier alpha value is -2.28. The zero-order valence-electron chi connectivity index (χ0n) is 15.4. The van der Waals surface area contributed by atoms with Crippen molar-refractivity contribution in [3.63, 3.8) is 0 Å². The van der Waals surface area contributed by atoms with Crippen LogP contribution in [0.2, 0.25) is 0 Å². The number of likely N-dealkylation sites (tertiary alicyclic amines) is 1. The Kier molecular flexibility index (Phi) is 5.66. The number of urea groups is 2. The zero-order chi connectivity index (χ0) is 18.7. The van der Waals surface area contributed by atoms with Gasteiger partial charge < -0.3 is 20.6 Å². The van der Waals surface area contributed by atoms with E-state index in [-0.39, 0.29) is 36.7 Å². The summed E-state index contributed by atoms with van der Waals surface area (Å²) < 4.78 is 0. The molecule has 3 atom stereocenters. The third kappa shape index (κ3) is 3.11. The summed E-state index contributed by atoms with van der Waals surface area (Å²) in [5.41, 5.74) is 1.89. The molecule has 0 unspecified atom stereocenters. The van der Waals surface area contributed by atoms with E-state index in [0.717, 1.165) is 24.1 Å². The number of nitrogens with zero attached hydrogens (tertiary/aromatic N) is 2. The van der Waals surface area contributed by atoms with Crippen molar-refractivity contribution in [2.45, 2.75) is 44.7 Å². The lowest BCUT2D eigenvalue weighted by molar-refractivity contribution is -0.00687. The van der Waals surface area contributed by atoms with E-state index in [1.54, 1.807) is 9.80 Å². The highest BCUT2D eigenvalue weighted by molar-refractivity contribution is 5.94. The fourth-order valence-corrected chi connectivity index (χ4v) is 4.01. The Morgan fingerprint density at radius 3 is 2.42 bits per heavy atom. The molecule has 0 aromatic heterocycles. The average Bonchev–Trinajstić information content (AvgIpc) is 2.64. The number of aliphatic hydroxyl groups is 1. The number of carbonyl (C=O) groups is 2. The fourth-order valence-electron chi connectivity index (χ4n) is 4.01. The molecule has 7 heteroatoms. The van der Waals surface area contributed by atoms with Crippen molar-refractivity contribution in [1.29, 1.82) is 0 Å². The molecule has 0 saturated carbocycles. The third-order valence-corrected chi connectivity index (χ3v) is 5.22. The smallest absolute Gasteiger partial charge is 0.321 e. The van der Waals surface area contributed by atoms with Gasteiger partial charge in [0.1, 0.15) is 0 Å². The van der Waals surface area contributed by atoms with Crippen LogP contribution in [-0.4, -0.2) is 60.4 Å². The minimum atomic E-state index is -0.251. The summed E-state index contributed by atoms with van der Waals surface area (Å²) in [6, 6.07) is 7.11. The van der Waals surface area contributed by atoms with Crippen molar-refractivity contribution in [2.24, 2.45) is 0 Å². The van der Waals surface area contributed by atoms with Crippen LogP contribution < -0.4 is 15.5 Å². The molecule has 26 heavy (non-hydrogen) atoms. The van der Waals surface area contributed by atoms with Crippen LogP contribution in [0.5, 0.6) is 0 Å². The van der Waals surface area contributed by atoms with Crippen LogP contribution in [0.3, 0.4) is 0 Å². The van der Waals surface area contributed by atoms with Crippen LogP contribution in [0, 0.1) is 0 Å². The number of amides is 4. The summed E-state index contributed by atoms with van der Waals surface area (Å²) in [7, 11) is 0. The quantitative estimate of drug-likeness (QED) is 0.749. The molecule has 1 fully saturated rings. The predicted molar refractivity (Wildman–Crippen MR) is 100 cm³/mol. The van der Waals surface area contributed by atoms with Crippen LogP contribution in [-0.2, 0) is 0 Å². The molecular formula is C19H28N4O3. The summed E-state index contributed by atoms with van der Waals surface area (Å²) >= 11 is 0. The maximum absolute atomic E-state index is 12.6. The lowest BCUT2D eigenvalue weighted by Gasteiger charge is -2.58. The molecular weight excluding hydrogens is 332 g/mol. The molecule has 142 valence electrons. The SMILES string of the molecule is CCCNC(=O)N1C[C@H]2[C@@H](c3ccccc31)[C@H](CO)N2C(=O)NCCC. The largest absolute Gasteiger partial charge is 0.394 e. The van der Waals surface area contributed by atoms with Gasteiger partial charge in [0.05, 0.1) is 18.7 Å². The van der Waals surface area contributed by atoms with Gasteiger partial charge in [-0.2, -0.15) is 0 Å². The lowest BCUT2D eigenvalue weighted by Crippen LogP contribution is -2.72. The first-order valence-electron chi connectivity index (χ1n) is 9.45. The van der Waals surface area contributed by atoms with Gasteiger partial charge in [-0.1, -0.05) is 32.0 Å². The number of hydrogen-bond donors (Lipinski definition) is 3. The van der Waals surface area contributed by atoms with Gasteiger partial charge in [-0.3, -0.25) is 4.90 Å². The molecule has 2 heterocycles. The van der Waals surface area contributed by atoms with E-state index in [4.69, 9.17) is 0 Å². The molecule has 0 radical (unpaired) electrons. The standard InChI is InChI=1S/C19H28N4O3/c1-3-9-20-18(25)22-11-15-17(13-7-5-6-8-14(13)22)16(12-24)23(15)19(26)21-10-4-2/h5-8,15-17,24H,3-4,9-12H2,1-2H3,(H,20,25)(H,21,26)/t15-,16-,17+/m0/s1. The molecule has 1 saturated heterocycles. The van der Waals surface area contributed by atoms with Gasteiger partial charge in [0, 0.05) is 31.2 Å². The topological polar surface area (TPSA) is 84.9 Å². The number of anilines is 1. The van der Waals surface area contributed by atoms with Crippen LogP contribution >= 0.6 is 0 Å². The summed E-state index contributed by atoms with van der Waals surface area (Å²) in [6.45, 7) is 5.58. The number of aliphatic hydroxyl groups excluding tert-OH is 1. The number of rotatable bonds is 5. The second kappa shape index (κ2) is 7.95. The number of carbonyl (C=O) groups excluding carboxylic acids is 2. The van der Waals surface area contributed by atoms with Crippen molar-refractivity contribution in [1.82, 2.24) is 15.5 Å². The molecule has 2 aliphatic rings. The van der Waals surface area contributed by atoms with Crippen LogP contribution in [0.1, 0.15) is 38.2 Å². The number of nitrogens with one attached hydrogen (secondary N) is 2. The van der Waals surface area contributed by atoms with E-state index in [1.807, 2.05) is 38.1 Å². The van der Waals surface area contributed by atoms with E-state index >= 15 is 0 Å². The number of hydrogen-bond acceptors (Lipinski definition) is 3. The molecule has 0 spiro atoms. The molecule has 4 amide bonds. The van der Waals surface area contributed by atoms with Gasteiger partial charge in [-0.15, -0.1) is 0 Å². The van der Waals surface area contributed by atoms with Gasteiger partial charge in [0.25, 0.3) is 0 Å². The molecule has 7 nitrogen and oxygen atoms in total. The Balaban J connectivity index is 1.88. The average molecular weight is 360 g/mol. The normalized spacial score (nSPS) is 23.6. The Morgan fingerprint density at radius 1 is 1.12 bits per heavy atom. The second-order valence-electron chi connectivity index (χ2n) is 6.88. The first-order valence-corrected chi connectivity index (χ1v) is 9.45. The molecule has 0 aliphatic carbocycles. The minimum Gasteiger partial charge on any atom is -0.394 e. The number of fused-ring (bicyclic) bond motifs is 3. The van der Waals surface area contributed by atoms with Crippen molar-refractivity contribution in [3.05, 3.63) is 29.8 Å². The molecule has 0 bridgehead atoms. The maximum atomic E-state index is 12.6. The van der Waals surface area contributed by atoms with Gasteiger partial charge in [-0.05, 0) is 24.5 Å². The highest BCUT2D eigenvalue weighted by Gasteiger charge is 2.55. The monoisotopic (exact) mass is 360 g/mol. The summed E-state index contributed by atoms with van der Waals surface area (Å²) in [5, 5.41) is 15.7. The van der Waals surface area contributed by atoms with Crippen LogP contribution in [0.15, 0.2) is 24.3 Å². The number of para-hydroxylation sites is 1. The van der Waals surface area contributed by atoms with Crippen molar-refractivity contribution < 1.29 is 14.7 Å². The minimum absolute atomic E-state index is 0.0544. The highest BCUT2D eigenvalue weighted by Crippen LogP contribution is 2.48.